The molecule has 1 amide bonds. The number of hydrogen-bond donors (Lipinski definition) is 3. The summed E-state index contributed by atoms with van der Waals surface area (Å²) in [6, 6.07) is 14.2. The largest absolute Gasteiger partial charge is 0.353 e. The molecule has 5 aromatic rings. The monoisotopic (exact) mass is 396 g/mol. The van der Waals surface area contributed by atoms with Crippen LogP contribution in [-0.2, 0) is 4.79 Å². The molecule has 0 saturated heterocycles. The Balaban J connectivity index is 1.54. The molecule has 0 aliphatic rings. The number of hydrogen-bond acceptors (Lipinski definition) is 4. The van der Waals surface area contributed by atoms with Gasteiger partial charge in [0.15, 0.2) is 5.65 Å². The average Bonchev–Trinajstić information content (AvgIpc) is 3.37. The van der Waals surface area contributed by atoms with Crippen molar-refractivity contribution in [1.82, 2.24) is 25.1 Å². The first-order chi connectivity index (χ1) is 14.7. The van der Waals surface area contributed by atoms with Crippen LogP contribution in [0, 0.1) is 0 Å². The third kappa shape index (κ3) is 3.30. The van der Waals surface area contributed by atoms with Crippen molar-refractivity contribution in [1.29, 1.82) is 0 Å². The molecule has 0 spiro atoms. The molecule has 0 atom stereocenters. The molecule has 7 nitrogen and oxygen atoms in total. The van der Waals surface area contributed by atoms with Crippen LogP contribution < -0.4 is 5.32 Å². The van der Waals surface area contributed by atoms with Gasteiger partial charge in [0.25, 0.3) is 0 Å². The van der Waals surface area contributed by atoms with Gasteiger partial charge in [0, 0.05) is 46.2 Å². The standard InChI is InChI=1S/C23H20N6O/c1-2-5-21(30)26-17-8-15(11-24-13-17)16-9-18-22(28-29-23(18)25-12-16)20-10-14-6-3-4-7-19(14)27-20/h3-4,6-13,27H,2,5H2,1H3,(H,26,30)(H,25,28,29). The minimum atomic E-state index is -0.0130. The molecule has 0 bridgehead atoms. The smallest absolute Gasteiger partial charge is 0.224 e. The van der Waals surface area contributed by atoms with Crippen molar-refractivity contribution in [3.8, 4) is 22.5 Å². The summed E-state index contributed by atoms with van der Waals surface area (Å²) in [5.74, 6) is -0.0130. The van der Waals surface area contributed by atoms with Crippen molar-refractivity contribution in [2.45, 2.75) is 19.8 Å². The second-order valence-electron chi connectivity index (χ2n) is 7.22. The number of benzene rings is 1. The zero-order chi connectivity index (χ0) is 20.5. The van der Waals surface area contributed by atoms with E-state index in [1.54, 1.807) is 18.6 Å². The molecule has 1 aromatic carbocycles. The van der Waals surface area contributed by atoms with Crippen LogP contribution in [0.4, 0.5) is 5.69 Å². The molecule has 0 radical (unpaired) electrons. The van der Waals surface area contributed by atoms with Gasteiger partial charge >= 0.3 is 0 Å². The van der Waals surface area contributed by atoms with E-state index in [1.807, 2.05) is 37.3 Å². The molecule has 0 aliphatic heterocycles. The van der Waals surface area contributed by atoms with Crippen LogP contribution in [0.2, 0.25) is 0 Å². The topological polar surface area (TPSA) is 99.3 Å². The van der Waals surface area contributed by atoms with Gasteiger partial charge in [-0.25, -0.2) is 4.98 Å². The maximum atomic E-state index is 11.9. The Bertz CT molecular complexity index is 1330. The van der Waals surface area contributed by atoms with Crippen LogP contribution in [0.15, 0.2) is 61.1 Å². The lowest BCUT2D eigenvalue weighted by Crippen LogP contribution is -2.10. The molecule has 0 aliphatic carbocycles. The number of rotatable bonds is 5. The second kappa shape index (κ2) is 7.44. The second-order valence-corrected chi connectivity index (χ2v) is 7.22. The van der Waals surface area contributed by atoms with Crippen LogP contribution in [0.5, 0.6) is 0 Å². The van der Waals surface area contributed by atoms with Crippen LogP contribution in [0.1, 0.15) is 19.8 Å². The summed E-state index contributed by atoms with van der Waals surface area (Å²) < 4.78 is 0. The van der Waals surface area contributed by atoms with Crippen molar-refractivity contribution in [3.05, 3.63) is 61.1 Å². The summed E-state index contributed by atoms with van der Waals surface area (Å²) in [5, 5.41) is 12.4. The maximum absolute atomic E-state index is 11.9. The zero-order valence-electron chi connectivity index (χ0n) is 16.4. The number of para-hydroxylation sites is 1. The Morgan fingerprint density at radius 3 is 2.80 bits per heavy atom. The van der Waals surface area contributed by atoms with E-state index in [-0.39, 0.29) is 5.91 Å². The van der Waals surface area contributed by atoms with E-state index < -0.39 is 0 Å². The molecule has 0 unspecified atom stereocenters. The minimum Gasteiger partial charge on any atom is -0.353 e. The van der Waals surface area contributed by atoms with E-state index >= 15 is 0 Å². The van der Waals surface area contributed by atoms with Crippen LogP contribution >= 0.6 is 0 Å². The number of amides is 1. The molecule has 148 valence electrons. The first-order valence-corrected chi connectivity index (χ1v) is 9.89. The Morgan fingerprint density at radius 2 is 1.93 bits per heavy atom. The van der Waals surface area contributed by atoms with E-state index in [9.17, 15) is 4.79 Å². The van der Waals surface area contributed by atoms with Gasteiger partial charge in [-0.3, -0.25) is 14.9 Å². The average molecular weight is 396 g/mol. The number of anilines is 1. The summed E-state index contributed by atoms with van der Waals surface area (Å²) in [6.07, 6.45) is 6.49. The number of carbonyl (C=O) groups excluding carboxylic acids is 1. The summed E-state index contributed by atoms with van der Waals surface area (Å²) in [4.78, 5) is 24.1. The van der Waals surface area contributed by atoms with Crippen molar-refractivity contribution >= 4 is 33.5 Å². The number of nitrogens with one attached hydrogen (secondary N) is 3. The lowest BCUT2D eigenvalue weighted by Gasteiger charge is -2.07. The van der Waals surface area contributed by atoms with Gasteiger partial charge in [-0.1, -0.05) is 25.1 Å². The van der Waals surface area contributed by atoms with E-state index in [4.69, 9.17) is 0 Å². The van der Waals surface area contributed by atoms with E-state index in [0.717, 1.165) is 45.2 Å². The quantitative estimate of drug-likeness (QED) is 0.393. The highest BCUT2D eigenvalue weighted by Gasteiger charge is 2.13. The highest BCUT2D eigenvalue weighted by molar-refractivity contribution is 5.96. The van der Waals surface area contributed by atoms with Gasteiger partial charge in [0.2, 0.25) is 5.91 Å². The zero-order valence-corrected chi connectivity index (χ0v) is 16.4. The Morgan fingerprint density at radius 1 is 1.07 bits per heavy atom. The number of pyridine rings is 2. The normalized spacial score (nSPS) is 11.2. The fourth-order valence-corrected chi connectivity index (χ4v) is 3.58. The summed E-state index contributed by atoms with van der Waals surface area (Å²) in [5.41, 5.74) is 5.98. The van der Waals surface area contributed by atoms with Crippen LogP contribution in [0.25, 0.3) is 44.5 Å². The summed E-state index contributed by atoms with van der Waals surface area (Å²) >= 11 is 0. The maximum Gasteiger partial charge on any atom is 0.224 e. The predicted octanol–water partition coefficient (Wildman–Crippen LogP) is 4.91. The van der Waals surface area contributed by atoms with Gasteiger partial charge < -0.3 is 10.3 Å². The van der Waals surface area contributed by atoms with Gasteiger partial charge in [0.1, 0.15) is 5.69 Å². The third-order valence-electron chi connectivity index (χ3n) is 5.03. The number of fused-ring (bicyclic) bond motifs is 2. The number of aromatic nitrogens is 5. The van der Waals surface area contributed by atoms with E-state index in [2.05, 4.69) is 42.6 Å². The predicted molar refractivity (Wildman–Crippen MR) is 118 cm³/mol. The fourth-order valence-electron chi connectivity index (χ4n) is 3.58. The van der Waals surface area contributed by atoms with Crippen molar-refractivity contribution < 1.29 is 4.79 Å². The molecule has 4 aromatic heterocycles. The van der Waals surface area contributed by atoms with Gasteiger partial charge in [0.05, 0.1) is 17.6 Å². The molecule has 7 heteroatoms. The molecule has 0 saturated carbocycles. The molecule has 0 fully saturated rings. The Hall–Kier alpha value is -4.00. The molecular weight excluding hydrogens is 376 g/mol. The fraction of sp³-hybridized carbons (Fsp3) is 0.130. The first-order valence-electron chi connectivity index (χ1n) is 9.89. The number of carbonyl (C=O) groups is 1. The minimum absolute atomic E-state index is 0.0130. The van der Waals surface area contributed by atoms with E-state index in [1.165, 1.54) is 0 Å². The van der Waals surface area contributed by atoms with Gasteiger partial charge in [-0.15, -0.1) is 0 Å². The highest BCUT2D eigenvalue weighted by atomic mass is 16.1. The molecule has 30 heavy (non-hydrogen) atoms. The van der Waals surface area contributed by atoms with Gasteiger partial charge in [-0.2, -0.15) is 5.10 Å². The number of aromatic amines is 2. The lowest BCUT2D eigenvalue weighted by atomic mass is 10.1. The first kappa shape index (κ1) is 18.1. The van der Waals surface area contributed by atoms with Crippen LogP contribution in [-0.4, -0.2) is 31.1 Å². The summed E-state index contributed by atoms with van der Waals surface area (Å²) in [6.45, 7) is 1.98. The van der Waals surface area contributed by atoms with Crippen molar-refractivity contribution in [3.63, 3.8) is 0 Å². The SMILES string of the molecule is CCCC(=O)Nc1cncc(-c2cnc3[nH]nc(-c4cc5ccccc5[nH]4)c3c2)c1. The Labute approximate surface area is 172 Å². The van der Waals surface area contributed by atoms with Crippen molar-refractivity contribution in [2.24, 2.45) is 0 Å². The van der Waals surface area contributed by atoms with Crippen LogP contribution in [0.3, 0.4) is 0 Å². The van der Waals surface area contributed by atoms with E-state index in [0.29, 0.717) is 17.8 Å². The Kier molecular flexibility index (Phi) is 4.48. The molecule has 3 N–H and O–H groups in total. The molecule has 4 heterocycles. The number of H-pyrrole nitrogens is 2. The highest BCUT2D eigenvalue weighted by Crippen LogP contribution is 2.31. The van der Waals surface area contributed by atoms with Gasteiger partial charge in [-0.05, 0) is 30.7 Å². The van der Waals surface area contributed by atoms with Crippen molar-refractivity contribution in [2.75, 3.05) is 5.32 Å². The lowest BCUT2D eigenvalue weighted by molar-refractivity contribution is -0.116. The third-order valence-corrected chi connectivity index (χ3v) is 5.03. The molecular formula is C23H20N6O. The molecule has 5 rings (SSSR count). The number of nitrogens with zero attached hydrogens (tertiary/aromatic N) is 3. The summed E-state index contributed by atoms with van der Waals surface area (Å²) in [7, 11) is 0.